The highest BCUT2D eigenvalue weighted by Gasteiger charge is 2.30. The van der Waals surface area contributed by atoms with Crippen LogP contribution in [0, 0.1) is 5.82 Å². The van der Waals surface area contributed by atoms with Crippen LogP contribution in [0.5, 0.6) is 0 Å². The van der Waals surface area contributed by atoms with Crippen LogP contribution in [0.1, 0.15) is 51.5 Å². The minimum Gasteiger partial charge on any atom is -0.366 e. The summed E-state index contributed by atoms with van der Waals surface area (Å²) in [5.74, 6) is -0.0891. The SMILES string of the molecule is CCCCN(c1ccc(CC(N)CC)cc1F)C1CC1. The van der Waals surface area contributed by atoms with E-state index < -0.39 is 0 Å². The van der Waals surface area contributed by atoms with E-state index in [-0.39, 0.29) is 11.9 Å². The van der Waals surface area contributed by atoms with Crippen LogP contribution in [0.2, 0.25) is 0 Å². The fourth-order valence-corrected chi connectivity index (χ4v) is 2.57. The number of hydrogen-bond donors (Lipinski definition) is 1. The average molecular weight is 278 g/mol. The van der Waals surface area contributed by atoms with E-state index in [4.69, 9.17) is 5.73 Å². The fraction of sp³-hybridized carbons (Fsp3) is 0.647. The quantitative estimate of drug-likeness (QED) is 0.782. The Morgan fingerprint density at radius 1 is 1.35 bits per heavy atom. The van der Waals surface area contributed by atoms with E-state index in [0.29, 0.717) is 6.04 Å². The summed E-state index contributed by atoms with van der Waals surface area (Å²) in [4.78, 5) is 2.25. The Hall–Kier alpha value is -1.09. The summed E-state index contributed by atoms with van der Waals surface area (Å²) in [7, 11) is 0. The zero-order chi connectivity index (χ0) is 14.5. The highest BCUT2D eigenvalue weighted by Crippen LogP contribution is 2.33. The van der Waals surface area contributed by atoms with E-state index in [1.165, 1.54) is 12.8 Å². The van der Waals surface area contributed by atoms with Crippen molar-refractivity contribution in [3.63, 3.8) is 0 Å². The molecule has 0 amide bonds. The molecule has 3 heteroatoms. The number of nitrogens with two attached hydrogens (primary N) is 1. The third kappa shape index (κ3) is 3.95. The van der Waals surface area contributed by atoms with Crippen molar-refractivity contribution in [3.05, 3.63) is 29.6 Å². The minimum absolute atomic E-state index is 0.0891. The molecule has 2 N–H and O–H groups in total. The largest absolute Gasteiger partial charge is 0.366 e. The topological polar surface area (TPSA) is 29.3 Å². The van der Waals surface area contributed by atoms with Crippen LogP contribution in [-0.2, 0) is 6.42 Å². The van der Waals surface area contributed by atoms with Crippen LogP contribution >= 0.6 is 0 Å². The maximum absolute atomic E-state index is 14.4. The number of hydrogen-bond acceptors (Lipinski definition) is 2. The number of rotatable bonds is 8. The molecule has 1 aromatic rings. The second-order valence-corrected chi connectivity index (χ2v) is 5.94. The molecule has 0 bridgehead atoms. The molecule has 0 radical (unpaired) electrons. The molecule has 1 unspecified atom stereocenters. The lowest BCUT2D eigenvalue weighted by molar-refractivity contribution is 0.601. The summed E-state index contributed by atoms with van der Waals surface area (Å²) in [6.45, 7) is 5.21. The number of benzene rings is 1. The lowest BCUT2D eigenvalue weighted by Crippen LogP contribution is -2.28. The predicted octanol–water partition coefficient (Wildman–Crippen LogP) is 3.87. The van der Waals surface area contributed by atoms with Crippen molar-refractivity contribution >= 4 is 5.69 Å². The summed E-state index contributed by atoms with van der Waals surface area (Å²) in [5, 5.41) is 0. The molecule has 2 rings (SSSR count). The molecule has 0 heterocycles. The van der Waals surface area contributed by atoms with Gasteiger partial charge in [-0.05, 0) is 49.8 Å². The van der Waals surface area contributed by atoms with Gasteiger partial charge in [0.2, 0.25) is 0 Å². The molecule has 1 aliphatic rings. The molecule has 0 saturated heterocycles. The number of halogens is 1. The van der Waals surface area contributed by atoms with Crippen LogP contribution in [0.15, 0.2) is 18.2 Å². The van der Waals surface area contributed by atoms with Gasteiger partial charge in [0, 0.05) is 18.6 Å². The van der Waals surface area contributed by atoms with Gasteiger partial charge in [0.1, 0.15) is 5.82 Å². The van der Waals surface area contributed by atoms with Gasteiger partial charge in [0.15, 0.2) is 0 Å². The molecular formula is C17H27FN2. The minimum atomic E-state index is -0.0891. The lowest BCUT2D eigenvalue weighted by Gasteiger charge is -2.25. The van der Waals surface area contributed by atoms with Gasteiger partial charge < -0.3 is 10.6 Å². The average Bonchev–Trinajstić information content (AvgIpc) is 3.25. The zero-order valence-electron chi connectivity index (χ0n) is 12.7. The first-order chi connectivity index (χ1) is 9.65. The van der Waals surface area contributed by atoms with Gasteiger partial charge in [0.25, 0.3) is 0 Å². The van der Waals surface area contributed by atoms with Gasteiger partial charge in [-0.3, -0.25) is 0 Å². The van der Waals surface area contributed by atoms with Gasteiger partial charge in [-0.2, -0.15) is 0 Å². The van der Waals surface area contributed by atoms with E-state index in [1.54, 1.807) is 6.07 Å². The Morgan fingerprint density at radius 3 is 2.65 bits per heavy atom. The first kappa shape index (κ1) is 15.3. The molecule has 20 heavy (non-hydrogen) atoms. The molecule has 1 saturated carbocycles. The second-order valence-electron chi connectivity index (χ2n) is 5.94. The maximum atomic E-state index is 14.4. The van der Waals surface area contributed by atoms with E-state index in [0.717, 1.165) is 43.5 Å². The first-order valence-corrected chi connectivity index (χ1v) is 7.96. The third-order valence-corrected chi connectivity index (χ3v) is 4.08. The van der Waals surface area contributed by atoms with Crippen molar-refractivity contribution in [1.29, 1.82) is 0 Å². The molecule has 0 aliphatic heterocycles. The smallest absolute Gasteiger partial charge is 0.146 e. The number of anilines is 1. The van der Waals surface area contributed by atoms with Crippen molar-refractivity contribution in [2.75, 3.05) is 11.4 Å². The molecule has 1 fully saturated rings. The third-order valence-electron chi connectivity index (χ3n) is 4.08. The Labute approximate surface area is 122 Å². The zero-order valence-corrected chi connectivity index (χ0v) is 12.7. The van der Waals surface area contributed by atoms with Gasteiger partial charge in [-0.25, -0.2) is 4.39 Å². The summed E-state index contributed by atoms with van der Waals surface area (Å²) >= 11 is 0. The Balaban J connectivity index is 2.10. The molecule has 1 aromatic carbocycles. The monoisotopic (exact) mass is 278 g/mol. The van der Waals surface area contributed by atoms with E-state index in [9.17, 15) is 4.39 Å². The van der Waals surface area contributed by atoms with E-state index in [1.807, 2.05) is 12.1 Å². The highest BCUT2D eigenvalue weighted by atomic mass is 19.1. The Bertz CT molecular complexity index is 429. The molecular weight excluding hydrogens is 251 g/mol. The second kappa shape index (κ2) is 7.07. The summed E-state index contributed by atoms with van der Waals surface area (Å²) in [6, 6.07) is 6.34. The number of nitrogens with zero attached hydrogens (tertiary/aromatic N) is 1. The molecule has 1 aliphatic carbocycles. The molecule has 1 atom stereocenters. The van der Waals surface area contributed by atoms with Crippen LogP contribution in [-0.4, -0.2) is 18.6 Å². The van der Waals surface area contributed by atoms with E-state index >= 15 is 0 Å². The van der Waals surface area contributed by atoms with Crippen molar-refractivity contribution in [2.24, 2.45) is 5.73 Å². The standard InChI is InChI=1S/C17H27FN2/c1-3-5-10-20(15-7-8-15)17-9-6-13(12-16(17)18)11-14(19)4-2/h6,9,12,14-15H,3-5,7-8,10-11,19H2,1-2H3. The Kier molecular flexibility index (Phi) is 5.41. The number of unbranched alkanes of at least 4 members (excludes halogenated alkanes) is 1. The lowest BCUT2D eigenvalue weighted by atomic mass is 10.0. The highest BCUT2D eigenvalue weighted by molar-refractivity contribution is 5.51. The molecule has 0 spiro atoms. The fourth-order valence-electron chi connectivity index (χ4n) is 2.57. The van der Waals surface area contributed by atoms with Crippen molar-refractivity contribution in [3.8, 4) is 0 Å². The molecule has 0 aromatic heterocycles. The van der Waals surface area contributed by atoms with Crippen molar-refractivity contribution < 1.29 is 4.39 Å². The van der Waals surface area contributed by atoms with Crippen LogP contribution in [0.3, 0.4) is 0 Å². The molecule has 112 valence electrons. The maximum Gasteiger partial charge on any atom is 0.146 e. The van der Waals surface area contributed by atoms with Gasteiger partial charge in [-0.15, -0.1) is 0 Å². The van der Waals surface area contributed by atoms with Crippen molar-refractivity contribution in [1.82, 2.24) is 0 Å². The van der Waals surface area contributed by atoms with Crippen LogP contribution < -0.4 is 10.6 Å². The predicted molar refractivity (Wildman–Crippen MR) is 83.6 cm³/mol. The van der Waals surface area contributed by atoms with Gasteiger partial charge in [-0.1, -0.05) is 26.3 Å². The van der Waals surface area contributed by atoms with Crippen molar-refractivity contribution in [2.45, 2.75) is 64.5 Å². The summed E-state index contributed by atoms with van der Waals surface area (Å²) in [5.41, 5.74) is 7.72. The molecule has 2 nitrogen and oxygen atoms in total. The van der Waals surface area contributed by atoms with E-state index in [2.05, 4.69) is 18.7 Å². The normalized spacial score (nSPS) is 16.2. The van der Waals surface area contributed by atoms with Gasteiger partial charge >= 0.3 is 0 Å². The summed E-state index contributed by atoms with van der Waals surface area (Å²) in [6.07, 6.45) is 6.35. The first-order valence-electron chi connectivity index (χ1n) is 7.96. The summed E-state index contributed by atoms with van der Waals surface area (Å²) < 4.78 is 14.4. The Morgan fingerprint density at radius 2 is 2.10 bits per heavy atom. The van der Waals surface area contributed by atoms with Crippen LogP contribution in [0.25, 0.3) is 0 Å². The van der Waals surface area contributed by atoms with Crippen LogP contribution in [0.4, 0.5) is 10.1 Å². The van der Waals surface area contributed by atoms with Gasteiger partial charge in [0.05, 0.1) is 5.69 Å².